The van der Waals surface area contributed by atoms with E-state index < -0.39 is 23.4 Å². The van der Waals surface area contributed by atoms with Crippen molar-refractivity contribution in [1.29, 1.82) is 0 Å². The van der Waals surface area contributed by atoms with Crippen molar-refractivity contribution >= 4 is 11.4 Å². The molecule has 2 aliphatic heterocycles. The van der Waals surface area contributed by atoms with E-state index in [2.05, 4.69) is 10.1 Å². The lowest BCUT2D eigenvalue weighted by atomic mass is 10.0. The normalized spacial score (nSPS) is 23.1. The highest BCUT2D eigenvalue weighted by Crippen LogP contribution is 2.37. The number of halogens is 3. The number of rotatable bonds is 3. The zero-order valence-electron chi connectivity index (χ0n) is 12.3. The summed E-state index contributed by atoms with van der Waals surface area (Å²) in [7, 11) is 0. The first-order valence-corrected chi connectivity index (χ1v) is 8.40. The van der Waals surface area contributed by atoms with Crippen molar-refractivity contribution in [3.63, 3.8) is 0 Å². The SMILES string of the molecule is [O-][S+](c1ccc(OC(F)(F)F)cc1)N1CCOC12CCNCC2. The minimum Gasteiger partial charge on any atom is -0.593 e. The van der Waals surface area contributed by atoms with Gasteiger partial charge in [-0.2, -0.15) is 0 Å². The summed E-state index contributed by atoms with van der Waals surface area (Å²) in [6, 6.07) is 5.13. The second-order valence-corrected chi connectivity index (χ2v) is 6.83. The zero-order chi connectivity index (χ0) is 16.5. The van der Waals surface area contributed by atoms with Gasteiger partial charge in [0.15, 0.2) is 10.6 Å². The number of alkyl halides is 3. The van der Waals surface area contributed by atoms with E-state index in [-0.39, 0.29) is 5.75 Å². The highest BCUT2D eigenvalue weighted by Gasteiger charge is 2.50. The van der Waals surface area contributed by atoms with Crippen molar-refractivity contribution < 1.29 is 27.2 Å². The Bertz CT molecular complexity index is 535. The number of piperidine rings is 1. The molecule has 23 heavy (non-hydrogen) atoms. The topological polar surface area (TPSA) is 56.8 Å². The molecule has 2 saturated heterocycles. The standard InChI is InChI=1S/C14H17F3N2O3S/c15-14(16,17)22-11-1-3-12(4-2-11)23(20)19-9-10-21-13(19)5-7-18-8-6-13/h1-4,18H,5-10H2. The van der Waals surface area contributed by atoms with Crippen molar-refractivity contribution in [2.45, 2.75) is 29.8 Å². The third kappa shape index (κ3) is 3.74. The third-order valence-corrected chi connectivity index (χ3v) is 5.55. The molecule has 0 saturated carbocycles. The zero-order valence-corrected chi connectivity index (χ0v) is 13.1. The molecule has 1 atom stereocenters. The van der Waals surface area contributed by atoms with Crippen molar-refractivity contribution in [1.82, 2.24) is 9.62 Å². The fraction of sp³-hybridized carbons (Fsp3) is 0.571. The molecule has 1 aromatic carbocycles. The molecule has 1 aromatic rings. The molecule has 0 radical (unpaired) electrons. The molecular weight excluding hydrogens is 333 g/mol. The first-order chi connectivity index (χ1) is 10.9. The predicted molar refractivity (Wildman–Crippen MR) is 77.0 cm³/mol. The van der Waals surface area contributed by atoms with Crippen LogP contribution in [-0.2, 0) is 16.1 Å². The van der Waals surface area contributed by atoms with Gasteiger partial charge >= 0.3 is 6.36 Å². The summed E-state index contributed by atoms with van der Waals surface area (Å²) in [5, 5.41) is 3.24. The van der Waals surface area contributed by atoms with Gasteiger partial charge < -0.3 is 19.3 Å². The van der Waals surface area contributed by atoms with Gasteiger partial charge in [-0.05, 0) is 37.4 Å². The molecule has 0 amide bonds. The van der Waals surface area contributed by atoms with Crippen LogP contribution in [-0.4, -0.2) is 47.2 Å². The van der Waals surface area contributed by atoms with Crippen LogP contribution < -0.4 is 10.1 Å². The molecule has 128 valence electrons. The summed E-state index contributed by atoms with van der Waals surface area (Å²) in [5.41, 5.74) is -0.544. The molecule has 2 aliphatic rings. The van der Waals surface area contributed by atoms with E-state index in [1.807, 2.05) is 0 Å². The maximum absolute atomic E-state index is 12.8. The van der Waals surface area contributed by atoms with Gasteiger partial charge in [-0.25, -0.2) is 0 Å². The summed E-state index contributed by atoms with van der Waals surface area (Å²) in [6.45, 7) is 2.60. The molecule has 9 heteroatoms. The van der Waals surface area contributed by atoms with Crippen LogP contribution in [0.2, 0.25) is 0 Å². The van der Waals surface area contributed by atoms with Gasteiger partial charge in [0.2, 0.25) is 0 Å². The van der Waals surface area contributed by atoms with Crippen LogP contribution in [0.3, 0.4) is 0 Å². The lowest BCUT2D eigenvalue weighted by molar-refractivity contribution is -0.274. The lowest BCUT2D eigenvalue weighted by Crippen LogP contribution is -2.53. The van der Waals surface area contributed by atoms with Gasteiger partial charge in [0.05, 0.1) is 24.5 Å². The monoisotopic (exact) mass is 350 g/mol. The summed E-state index contributed by atoms with van der Waals surface area (Å²) in [4.78, 5) is 0.433. The van der Waals surface area contributed by atoms with Crippen molar-refractivity contribution in [2.24, 2.45) is 0 Å². The van der Waals surface area contributed by atoms with E-state index in [0.29, 0.717) is 18.0 Å². The van der Waals surface area contributed by atoms with Crippen LogP contribution in [0, 0.1) is 0 Å². The second-order valence-electron chi connectivity index (χ2n) is 5.42. The van der Waals surface area contributed by atoms with Crippen LogP contribution in [0.15, 0.2) is 29.2 Å². The fourth-order valence-corrected chi connectivity index (χ4v) is 4.33. The Morgan fingerprint density at radius 1 is 1.22 bits per heavy atom. The highest BCUT2D eigenvalue weighted by molar-refractivity contribution is 7.89. The number of nitrogens with zero attached hydrogens (tertiary/aromatic N) is 1. The quantitative estimate of drug-likeness (QED) is 0.846. The summed E-state index contributed by atoms with van der Waals surface area (Å²) < 4.78 is 60.8. The molecule has 5 nitrogen and oxygen atoms in total. The third-order valence-electron chi connectivity index (χ3n) is 3.96. The average molecular weight is 350 g/mol. The molecule has 1 unspecified atom stereocenters. The summed E-state index contributed by atoms with van der Waals surface area (Å²) in [5.74, 6) is -0.326. The Labute approximate surface area is 135 Å². The Balaban J connectivity index is 1.73. The first-order valence-electron chi connectivity index (χ1n) is 7.30. The van der Waals surface area contributed by atoms with E-state index in [0.717, 1.165) is 25.9 Å². The van der Waals surface area contributed by atoms with Crippen LogP contribution in [0.5, 0.6) is 5.75 Å². The Hall–Kier alpha value is -1.00. The molecule has 0 aliphatic carbocycles. The van der Waals surface area contributed by atoms with Gasteiger partial charge in [-0.3, -0.25) is 0 Å². The van der Waals surface area contributed by atoms with Gasteiger partial charge in [0, 0.05) is 12.8 Å². The number of benzene rings is 1. The average Bonchev–Trinajstić information content (AvgIpc) is 2.89. The second kappa shape index (κ2) is 6.48. The predicted octanol–water partition coefficient (Wildman–Crippen LogP) is 2.02. The Morgan fingerprint density at radius 3 is 2.48 bits per heavy atom. The molecule has 1 N–H and O–H groups in total. The molecule has 1 spiro atoms. The van der Waals surface area contributed by atoms with E-state index >= 15 is 0 Å². The van der Waals surface area contributed by atoms with Gasteiger partial charge in [0.1, 0.15) is 5.75 Å². The summed E-state index contributed by atoms with van der Waals surface area (Å²) in [6.07, 6.45) is -3.27. The van der Waals surface area contributed by atoms with Gasteiger partial charge in [-0.1, -0.05) is 4.31 Å². The first kappa shape index (κ1) is 16.8. The van der Waals surface area contributed by atoms with Crippen LogP contribution in [0.1, 0.15) is 12.8 Å². The molecule has 3 rings (SSSR count). The van der Waals surface area contributed by atoms with E-state index in [4.69, 9.17) is 4.74 Å². The van der Waals surface area contributed by atoms with Crippen molar-refractivity contribution in [3.05, 3.63) is 24.3 Å². The van der Waals surface area contributed by atoms with E-state index in [1.165, 1.54) is 24.3 Å². The molecule has 0 bridgehead atoms. The molecule has 2 heterocycles. The Kier molecular flexibility index (Phi) is 4.75. The maximum atomic E-state index is 12.8. The highest BCUT2D eigenvalue weighted by atomic mass is 32.2. The number of ether oxygens (including phenoxy) is 2. The largest absolute Gasteiger partial charge is 0.593 e. The number of nitrogens with one attached hydrogen (secondary N) is 1. The lowest BCUT2D eigenvalue weighted by Gasteiger charge is -2.38. The molecule has 2 fully saturated rings. The van der Waals surface area contributed by atoms with E-state index in [1.54, 1.807) is 4.31 Å². The van der Waals surface area contributed by atoms with Gasteiger partial charge in [-0.15, -0.1) is 13.2 Å². The van der Waals surface area contributed by atoms with Crippen molar-refractivity contribution in [2.75, 3.05) is 26.2 Å². The van der Waals surface area contributed by atoms with Crippen molar-refractivity contribution in [3.8, 4) is 5.75 Å². The minimum atomic E-state index is -4.73. The van der Waals surface area contributed by atoms with Gasteiger partial charge in [0.25, 0.3) is 0 Å². The Morgan fingerprint density at radius 2 is 1.87 bits per heavy atom. The smallest absolute Gasteiger partial charge is 0.573 e. The van der Waals surface area contributed by atoms with Crippen LogP contribution in [0.4, 0.5) is 13.2 Å². The van der Waals surface area contributed by atoms with Crippen LogP contribution in [0.25, 0.3) is 0 Å². The van der Waals surface area contributed by atoms with Crippen LogP contribution >= 0.6 is 0 Å². The maximum Gasteiger partial charge on any atom is 0.573 e. The minimum absolute atomic E-state index is 0.326. The molecular formula is C14H17F3N2O3S. The van der Waals surface area contributed by atoms with E-state index in [9.17, 15) is 17.7 Å². The number of hydrogen-bond donors (Lipinski definition) is 1. The summed E-state index contributed by atoms with van der Waals surface area (Å²) >= 11 is -1.48. The number of hydrogen-bond acceptors (Lipinski definition) is 5. The fourth-order valence-electron chi connectivity index (χ4n) is 2.92. The molecule has 0 aromatic heterocycles.